The second-order valence-corrected chi connectivity index (χ2v) is 6.33. The zero-order valence-corrected chi connectivity index (χ0v) is 15.0. The molecule has 0 aliphatic rings. The molecule has 9 heteroatoms. The number of nitrogens with zero attached hydrogens (tertiary/aromatic N) is 4. The van der Waals surface area contributed by atoms with E-state index in [0.717, 1.165) is 5.56 Å². The molecule has 3 aromatic rings. The first-order valence-corrected chi connectivity index (χ1v) is 8.53. The number of nitro benzene ring substituents is 1. The van der Waals surface area contributed by atoms with E-state index in [9.17, 15) is 15.2 Å². The molecule has 27 heavy (non-hydrogen) atoms. The highest BCUT2D eigenvalue weighted by Gasteiger charge is 2.11. The van der Waals surface area contributed by atoms with E-state index in [1.165, 1.54) is 23.1 Å². The van der Waals surface area contributed by atoms with E-state index in [2.05, 4.69) is 10.1 Å². The quantitative estimate of drug-likeness (QED) is 0.469. The highest BCUT2D eigenvalue weighted by atomic mass is 35.5. The first-order chi connectivity index (χ1) is 13.0. The summed E-state index contributed by atoms with van der Waals surface area (Å²) in [5.74, 6) is 0.430. The molecule has 2 aromatic carbocycles. The van der Waals surface area contributed by atoms with Gasteiger partial charge in [0.05, 0.1) is 30.8 Å². The molecule has 3 rings (SSSR count). The lowest BCUT2D eigenvalue weighted by Crippen LogP contribution is -2.22. The van der Waals surface area contributed by atoms with E-state index in [-0.39, 0.29) is 18.8 Å². The number of nitro groups is 1. The van der Waals surface area contributed by atoms with Gasteiger partial charge in [-0.2, -0.15) is 5.10 Å². The molecular formula is C18H17ClN4O4. The minimum Gasteiger partial charge on any atom is -0.389 e. The Labute approximate surface area is 160 Å². The largest absolute Gasteiger partial charge is 0.389 e. The molecule has 0 aliphatic carbocycles. The first-order valence-electron chi connectivity index (χ1n) is 8.16. The molecule has 1 atom stereocenters. The molecule has 0 fully saturated rings. The summed E-state index contributed by atoms with van der Waals surface area (Å²) in [6, 6.07) is 13.3. The van der Waals surface area contributed by atoms with Crippen LogP contribution in [0.4, 0.5) is 5.69 Å². The third kappa shape index (κ3) is 5.33. The van der Waals surface area contributed by atoms with Crippen LogP contribution in [-0.4, -0.2) is 37.5 Å². The molecule has 1 aromatic heterocycles. The van der Waals surface area contributed by atoms with Crippen LogP contribution in [0.5, 0.6) is 0 Å². The number of benzene rings is 2. The van der Waals surface area contributed by atoms with Gasteiger partial charge in [-0.1, -0.05) is 23.7 Å². The maximum absolute atomic E-state index is 10.7. The Balaban J connectivity index is 1.50. The van der Waals surface area contributed by atoms with Crippen LogP contribution in [0.2, 0.25) is 5.02 Å². The van der Waals surface area contributed by atoms with Gasteiger partial charge in [0.25, 0.3) is 5.69 Å². The molecule has 0 amide bonds. The lowest BCUT2D eigenvalue weighted by molar-refractivity contribution is -0.384. The van der Waals surface area contributed by atoms with Crippen molar-refractivity contribution in [2.45, 2.75) is 19.3 Å². The van der Waals surface area contributed by atoms with Crippen molar-refractivity contribution < 1.29 is 14.8 Å². The van der Waals surface area contributed by atoms with Crippen LogP contribution < -0.4 is 0 Å². The van der Waals surface area contributed by atoms with Gasteiger partial charge in [-0.05, 0) is 29.8 Å². The Morgan fingerprint density at radius 2 is 1.89 bits per heavy atom. The van der Waals surface area contributed by atoms with Gasteiger partial charge in [0, 0.05) is 22.7 Å². The smallest absolute Gasteiger partial charge is 0.269 e. The van der Waals surface area contributed by atoms with Crippen molar-refractivity contribution in [1.82, 2.24) is 14.8 Å². The number of non-ortho nitro benzene ring substituents is 1. The van der Waals surface area contributed by atoms with Crippen molar-refractivity contribution in [3.63, 3.8) is 0 Å². The zero-order chi connectivity index (χ0) is 19.2. The fraction of sp³-hybridized carbons (Fsp3) is 0.222. The van der Waals surface area contributed by atoms with Crippen LogP contribution >= 0.6 is 11.6 Å². The number of halogens is 1. The Morgan fingerprint density at radius 3 is 2.56 bits per heavy atom. The van der Waals surface area contributed by atoms with E-state index < -0.39 is 11.0 Å². The lowest BCUT2D eigenvalue weighted by Gasteiger charge is -2.11. The number of aliphatic hydroxyl groups is 1. The van der Waals surface area contributed by atoms with Gasteiger partial charge in [0.15, 0.2) is 5.82 Å². The molecule has 0 spiro atoms. The molecule has 0 bridgehead atoms. The minimum absolute atomic E-state index is 0.00596. The molecule has 1 unspecified atom stereocenters. The van der Waals surface area contributed by atoms with E-state index in [4.69, 9.17) is 16.3 Å². The highest BCUT2D eigenvalue weighted by molar-refractivity contribution is 6.30. The predicted octanol–water partition coefficient (Wildman–Crippen LogP) is 3.08. The van der Waals surface area contributed by atoms with Gasteiger partial charge in [0.1, 0.15) is 6.33 Å². The average Bonchev–Trinajstić information content (AvgIpc) is 3.12. The fourth-order valence-corrected chi connectivity index (χ4v) is 2.54. The van der Waals surface area contributed by atoms with Gasteiger partial charge >= 0.3 is 0 Å². The molecule has 140 valence electrons. The Hall–Kier alpha value is -2.81. The van der Waals surface area contributed by atoms with E-state index in [0.29, 0.717) is 23.0 Å². The lowest BCUT2D eigenvalue weighted by atomic mass is 10.2. The van der Waals surface area contributed by atoms with Gasteiger partial charge in [-0.3, -0.25) is 10.1 Å². The number of hydrogen-bond acceptors (Lipinski definition) is 6. The fourth-order valence-electron chi connectivity index (χ4n) is 2.41. The monoisotopic (exact) mass is 388 g/mol. The molecule has 0 saturated heterocycles. The molecule has 0 aliphatic heterocycles. The van der Waals surface area contributed by atoms with E-state index in [1.54, 1.807) is 24.3 Å². The Kier molecular flexibility index (Phi) is 6.12. The van der Waals surface area contributed by atoms with Crippen LogP contribution in [0.15, 0.2) is 54.9 Å². The third-order valence-corrected chi connectivity index (χ3v) is 4.01. The summed E-state index contributed by atoms with van der Waals surface area (Å²) in [7, 11) is 0. The average molecular weight is 389 g/mol. The van der Waals surface area contributed by atoms with Crippen LogP contribution in [0, 0.1) is 10.1 Å². The zero-order valence-electron chi connectivity index (χ0n) is 14.2. The van der Waals surface area contributed by atoms with Crippen LogP contribution in [0.25, 0.3) is 11.4 Å². The summed E-state index contributed by atoms with van der Waals surface area (Å²) >= 11 is 5.83. The number of hydrogen-bond donors (Lipinski definition) is 1. The van der Waals surface area contributed by atoms with Crippen LogP contribution in [0.1, 0.15) is 5.56 Å². The predicted molar refractivity (Wildman–Crippen MR) is 99.2 cm³/mol. The Bertz CT molecular complexity index is 896. The number of aliphatic hydroxyl groups excluding tert-OH is 1. The van der Waals surface area contributed by atoms with E-state index in [1.807, 2.05) is 12.1 Å². The molecule has 8 nitrogen and oxygen atoms in total. The summed E-state index contributed by atoms with van der Waals surface area (Å²) in [4.78, 5) is 14.4. The molecule has 0 radical (unpaired) electrons. The van der Waals surface area contributed by atoms with Gasteiger partial charge in [0.2, 0.25) is 0 Å². The minimum atomic E-state index is -0.747. The molecule has 0 saturated carbocycles. The summed E-state index contributed by atoms with van der Waals surface area (Å²) in [5, 5.41) is 25.7. The first kappa shape index (κ1) is 19.0. The second kappa shape index (κ2) is 8.72. The maximum Gasteiger partial charge on any atom is 0.269 e. The number of ether oxygens (including phenoxy) is 1. The van der Waals surface area contributed by atoms with Crippen molar-refractivity contribution in [2.24, 2.45) is 0 Å². The van der Waals surface area contributed by atoms with Crippen molar-refractivity contribution >= 4 is 17.3 Å². The summed E-state index contributed by atoms with van der Waals surface area (Å²) in [6.45, 7) is 0.746. The summed E-state index contributed by atoms with van der Waals surface area (Å²) < 4.78 is 7.01. The van der Waals surface area contributed by atoms with E-state index >= 15 is 0 Å². The normalized spacial score (nSPS) is 12.1. The van der Waals surface area contributed by atoms with Crippen LogP contribution in [-0.2, 0) is 17.9 Å². The van der Waals surface area contributed by atoms with Gasteiger partial charge in [-0.15, -0.1) is 0 Å². The molecule has 1 heterocycles. The standard InChI is InChI=1S/C18H17ClN4O4/c19-15-5-1-13(2-6-15)10-27-11-17(24)9-22-12-20-18(21-22)14-3-7-16(8-4-14)23(25)26/h1-8,12,17,24H,9-11H2. The summed E-state index contributed by atoms with van der Waals surface area (Å²) in [6.07, 6.45) is 0.753. The van der Waals surface area contributed by atoms with Crippen LogP contribution in [0.3, 0.4) is 0 Å². The number of aromatic nitrogens is 3. The number of rotatable bonds is 8. The summed E-state index contributed by atoms with van der Waals surface area (Å²) in [5.41, 5.74) is 1.63. The molecule has 1 N–H and O–H groups in total. The topological polar surface area (TPSA) is 103 Å². The molecular weight excluding hydrogens is 372 g/mol. The maximum atomic E-state index is 10.7. The van der Waals surface area contributed by atoms with Gasteiger partial charge < -0.3 is 9.84 Å². The SMILES string of the molecule is O=[N+]([O-])c1ccc(-c2ncn(CC(O)COCc3ccc(Cl)cc3)n2)cc1. The Morgan fingerprint density at radius 1 is 1.19 bits per heavy atom. The highest BCUT2D eigenvalue weighted by Crippen LogP contribution is 2.19. The van der Waals surface area contributed by atoms with Crippen molar-refractivity contribution in [2.75, 3.05) is 6.61 Å². The van der Waals surface area contributed by atoms with Crippen molar-refractivity contribution in [1.29, 1.82) is 0 Å². The van der Waals surface area contributed by atoms with Crippen molar-refractivity contribution in [3.8, 4) is 11.4 Å². The van der Waals surface area contributed by atoms with Gasteiger partial charge in [-0.25, -0.2) is 9.67 Å². The van der Waals surface area contributed by atoms with Crippen molar-refractivity contribution in [3.05, 3.63) is 75.6 Å². The second-order valence-electron chi connectivity index (χ2n) is 5.89. The third-order valence-electron chi connectivity index (χ3n) is 3.76.